The normalized spacial score (nSPS) is 17.8. The van der Waals surface area contributed by atoms with E-state index in [9.17, 15) is 0 Å². The fraction of sp³-hybridized carbons (Fsp3) is 0.406. The van der Waals surface area contributed by atoms with Crippen LogP contribution in [0.15, 0.2) is 54.7 Å². The van der Waals surface area contributed by atoms with Crippen LogP contribution in [0.2, 0.25) is 5.02 Å². The molecule has 0 amide bonds. The van der Waals surface area contributed by atoms with E-state index in [0.29, 0.717) is 0 Å². The number of hydrogen-bond donors (Lipinski definition) is 1. The maximum absolute atomic E-state index is 6.44. The van der Waals surface area contributed by atoms with Crippen molar-refractivity contribution in [2.45, 2.75) is 31.8 Å². The van der Waals surface area contributed by atoms with Gasteiger partial charge in [-0.3, -0.25) is 14.8 Å². The zero-order valence-corrected chi connectivity index (χ0v) is 26.7. The molecule has 1 N–H and O–H groups in total. The SMILES string of the molecule is CN(C)CCCNc1nc(CN2CCN(C3c4ccc(Cl)cc4CCc4cc(I)cnc43)CC2)nc2ccccc12. The monoisotopic (exact) mass is 681 g/mol. The highest BCUT2D eigenvalue weighted by molar-refractivity contribution is 14.1. The smallest absolute Gasteiger partial charge is 0.145 e. The average molecular weight is 682 g/mol. The summed E-state index contributed by atoms with van der Waals surface area (Å²) in [7, 11) is 4.22. The first-order valence-electron chi connectivity index (χ1n) is 14.5. The number of piperazine rings is 1. The van der Waals surface area contributed by atoms with Crippen molar-refractivity contribution in [1.82, 2.24) is 29.7 Å². The molecular weight excluding hydrogens is 645 g/mol. The van der Waals surface area contributed by atoms with E-state index in [2.05, 4.69) is 99.2 Å². The molecule has 0 saturated carbocycles. The number of aryl methyl sites for hydroxylation is 2. The molecule has 6 rings (SSSR count). The number of anilines is 1. The third-order valence-electron chi connectivity index (χ3n) is 8.15. The third kappa shape index (κ3) is 6.67. The van der Waals surface area contributed by atoms with Crippen molar-refractivity contribution in [3.8, 4) is 0 Å². The van der Waals surface area contributed by atoms with Crippen LogP contribution in [0.4, 0.5) is 5.82 Å². The molecule has 1 fully saturated rings. The number of nitrogens with zero attached hydrogens (tertiary/aromatic N) is 6. The quantitative estimate of drug-likeness (QED) is 0.191. The summed E-state index contributed by atoms with van der Waals surface area (Å²) in [6.45, 7) is 6.52. The minimum Gasteiger partial charge on any atom is -0.369 e. The van der Waals surface area contributed by atoms with Crippen LogP contribution in [-0.4, -0.2) is 83.0 Å². The first kappa shape index (κ1) is 28.7. The van der Waals surface area contributed by atoms with E-state index in [-0.39, 0.29) is 6.04 Å². The molecule has 7 nitrogen and oxygen atoms in total. The molecular formula is C32H37ClIN7. The van der Waals surface area contributed by atoms with Gasteiger partial charge in [-0.2, -0.15) is 0 Å². The van der Waals surface area contributed by atoms with E-state index >= 15 is 0 Å². The molecule has 1 aliphatic heterocycles. The number of nitrogens with one attached hydrogen (secondary N) is 1. The summed E-state index contributed by atoms with van der Waals surface area (Å²) in [5.41, 5.74) is 6.23. The molecule has 1 unspecified atom stereocenters. The second-order valence-electron chi connectivity index (χ2n) is 11.3. The predicted octanol–water partition coefficient (Wildman–Crippen LogP) is 5.65. The number of hydrogen-bond acceptors (Lipinski definition) is 7. The maximum atomic E-state index is 6.44. The largest absolute Gasteiger partial charge is 0.369 e. The Labute approximate surface area is 261 Å². The molecule has 1 aliphatic carbocycles. The van der Waals surface area contributed by atoms with Crippen LogP contribution < -0.4 is 5.32 Å². The van der Waals surface area contributed by atoms with Gasteiger partial charge < -0.3 is 10.2 Å². The highest BCUT2D eigenvalue weighted by atomic mass is 127. The minimum atomic E-state index is 0.147. The molecule has 4 aromatic rings. The highest BCUT2D eigenvalue weighted by Crippen LogP contribution is 2.37. The maximum Gasteiger partial charge on any atom is 0.145 e. The van der Waals surface area contributed by atoms with Gasteiger partial charge in [-0.15, -0.1) is 0 Å². The first-order valence-corrected chi connectivity index (χ1v) is 15.9. The Bertz CT molecular complexity index is 1470. The van der Waals surface area contributed by atoms with Gasteiger partial charge in [-0.25, -0.2) is 9.97 Å². The fourth-order valence-electron chi connectivity index (χ4n) is 6.09. The van der Waals surface area contributed by atoms with E-state index in [0.717, 1.165) is 92.6 Å². The lowest BCUT2D eigenvalue weighted by atomic mass is 9.96. The Morgan fingerprint density at radius 1 is 1.00 bits per heavy atom. The summed E-state index contributed by atoms with van der Waals surface area (Å²) >= 11 is 8.81. The highest BCUT2D eigenvalue weighted by Gasteiger charge is 2.32. The molecule has 1 atom stereocenters. The van der Waals surface area contributed by atoms with Gasteiger partial charge in [-0.05, 0) is 110 Å². The summed E-state index contributed by atoms with van der Waals surface area (Å²) in [4.78, 5) is 22.2. The lowest BCUT2D eigenvalue weighted by Gasteiger charge is -2.39. The molecule has 2 aliphatic rings. The number of rotatable bonds is 8. The molecule has 0 bridgehead atoms. The van der Waals surface area contributed by atoms with Gasteiger partial charge in [0, 0.05) is 52.9 Å². The Balaban J connectivity index is 1.19. The van der Waals surface area contributed by atoms with Crippen molar-refractivity contribution in [2.24, 2.45) is 0 Å². The lowest BCUT2D eigenvalue weighted by Crippen LogP contribution is -2.47. The van der Waals surface area contributed by atoms with E-state index in [1.165, 1.54) is 26.0 Å². The predicted molar refractivity (Wildman–Crippen MR) is 176 cm³/mol. The molecule has 2 aromatic carbocycles. The fourth-order valence-corrected chi connectivity index (χ4v) is 6.80. The summed E-state index contributed by atoms with van der Waals surface area (Å²) in [6.07, 6.45) is 5.06. The van der Waals surface area contributed by atoms with Gasteiger partial charge in [0.15, 0.2) is 0 Å². The molecule has 0 spiro atoms. The summed E-state index contributed by atoms with van der Waals surface area (Å²) in [6, 6.07) is 17.2. The van der Waals surface area contributed by atoms with Crippen LogP contribution in [0.3, 0.4) is 0 Å². The zero-order valence-electron chi connectivity index (χ0n) is 23.8. The minimum absolute atomic E-state index is 0.147. The van der Waals surface area contributed by atoms with Gasteiger partial charge >= 0.3 is 0 Å². The summed E-state index contributed by atoms with van der Waals surface area (Å²) in [5.74, 6) is 1.82. The van der Waals surface area contributed by atoms with Crippen LogP contribution in [0.25, 0.3) is 10.9 Å². The van der Waals surface area contributed by atoms with Crippen LogP contribution >= 0.6 is 34.2 Å². The molecule has 0 radical (unpaired) electrons. The molecule has 3 heterocycles. The van der Waals surface area contributed by atoms with Gasteiger partial charge in [0.2, 0.25) is 0 Å². The molecule has 2 aromatic heterocycles. The Kier molecular flexibility index (Phi) is 9.02. The Morgan fingerprint density at radius 3 is 2.63 bits per heavy atom. The topological polar surface area (TPSA) is 60.4 Å². The van der Waals surface area contributed by atoms with E-state index in [1.54, 1.807) is 0 Å². The number of pyridine rings is 1. The van der Waals surface area contributed by atoms with Crippen molar-refractivity contribution >= 4 is 50.9 Å². The van der Waals surface area contributed by atoms with E-state index in [1.807, 2.05) is 12.3 Å². The molecule has 214 valence electrons. The van der Waals surface area contributed by atoms with Crippen molar-refractivity contribution in [2.75, 3.05) is 58.7 Å². The first-order chi connectivity index (χ1) is 19.9. The van der Waals surface area contributed by atoms with Crippen molar-refractivity contribution in [1.29, 1.82) is 0 Å². The average Bonchev–Trinajstić information content (AvgIpc) is 3.12. The van der Waals surface area contributed by atoms with Crippen LogP contribution in [0.1, 0.15) is 40.7 Å². The Morgan fingerprint density at radius 2 is 1.80 bits per heavy atom. The molecule has 1 saturated heterocycles. The molecule has 9 heteroatoms. The van der Waals surface area contributed by atoms with Crippen LogP contribution in [-0.2, 0) is 19.4 Å². The number of para-hydroxylation sites is 1. The second kappa shape index (κ2) is 12.9. The number of benzene rings is 2. The number of halogens is 2. The zero-order chi connectivity index (χ0) is 28.3. The number of aromatic nitrogens is 3. The van der Waals surface area contributed by atoms with E-state index in [4.69, 9.17) is 26.6 Å². The van der Waals surface area contributed by atoms with Gasteiger partial charge in [-0.1, -0.05) is 29.8 Å². The Hall–Kier alpha value is -2.37. The van der Waals surface area contributed by atoms with Gasteiger partial charge in [0.05, 0.1) is 23.8 Å². The van der Waals surface area contributed by atoms with Gasteiger partial charge in [0.25, 0.3) is 0 Å². The second-order valence-corrected chi connectivity index (χ2v) is 13.0. The van der Waals surface area contributed by atoms with Gasteiger partial charge in [0.1, 0.15) is 11.6 Å². The summed E-state index contributed by atoms with van der Waals surface area (Å²) in [5, 5.41) is 5.47. The van der Waals surface area contributed by atoms with Crippen LogP contribution in [0.5, 0.6) is 0 Å². The lowest BCUT2D eigenvalue weighted by molar-refractivity contribution is 0.101. The summed E-state index contributed by atoms with van der Waals surface area (Å²) < 4.78 is 1.19. The van der Waals surface area contributed by atoms with Crippen molar-refractivity contribution in [3.63, 3.8) is 0 Å². The van der Waals surface area contributed by atoms with Crippen molar-refractivity contribution < 1.29 is 0 Å². The van der Waals surface area contributed by atoms with Crippen molar-refractivity contribution in [3.05, 3.63) is 91.5 Å². The van der Waals surface area contributed by atoms with Crippen LogP contribution in [0, 0.1) is 3.57 Å². The molecule has 41 heavy (non-hydrogen) atoms. The number of fused-ring (bicyclic) bond motifs is 3. The van der Waals surface area contributed by atoms with E-state index < -0.39 is 0 Å². The standard InChI is InChI=1S/C32H37ClIN7/c1-39(2)13-5-12-35-32-27-6-3-4-7-28(27)37-29(38-32)21-40-14-16-41(17-15-40)31-26-11-10-24(33)18-22(26)8-9-23-19-25(34)20-36-30(23)31/h3-4,6-7,10-11,18-20,31H,5,8-9,12-17,21H2,1-2H3,(H,35,37,38). The third-order valence-corrected chi connectivity index (χ3v) is 8.98.